The maximum absolute atomic E-state index is 6.82. The number of rotatable bonds is 6. The molecule has 0 aliphatic carbocycles. The molecule has 34 heavy (non-hydrogen) atoms. The van der Waals surface area contributed by atoms with Crippen LogP contribution in [-0.2, 0) is 13.3 Å². The summed E-state index contributed by atoms with van der Waals surface area (Å²) in [5.41, 5.74) is 0.148. The zero-order valence-corrected chi connectivity index (χ0v) is 25.2. The Bertz CT molecular complexity index is 577. The highest BCUT2D eigenvalue weighted by Crippen LogP contribution is 2.35. The Hall–Kier alpha value is -0.0231. The summed E-state index contributed by atoms with van der Waals surface area (Å²) in [6, 6.07) is 0. The Balaban J connectivity index is 1.78. The fourth-order valence-electron chi connectivity index (χ4n) is 7.43. The van der Waals surface area contributed by atoms with Gasteiger partial charge in [-0.05, 0) is 122 Å². The topological polar surface area (TPSA) is 63.8 Å². The molecule has 3 rings (SSSR count). The lowest BCUT2D eigenvalue weighted by Gasteiger charge is -2.49. The van der Waals surface area contributed by atoms with Crippen molar-refractivity contribution >= 4 is 9.53 Å². The second-order valence-corrected chi connectivity index (χ2v) is 16.6. The molecule has 1 radical (unpaired) electrons. The zero-order chi connectivity index (χ0) is 25.8. The van der Waals surface area contributed by atoms with Gasteiger partial charge in [0.15, 0.2) is 0 Å². The zero-order valence-electron chi connectivity index (χ0n) is 24.2. The van der Waals surface area contributed by atoms with E-state index in [9.17, 15) is 0 Å². The standard InChI is InChI=1S/C27H54N3O3Si/c1-22(2)13-19(14-23(3,4)28-22)31-34(32-20-15-24(5,6)29-25(7,8)16-20)33-21-17-26(9,10)30-27(11,12)18-21/h19-21,28-30H,13-18H2,1-12H3. The molecule has 7 heteroatoms. The lowest BCUT2D eigenvalue weighted by molar-refractivity contribution is -0.0571. The Morgan fingerprint density at radius 2 is 0.588 bits per heavy atom. The Labute approximate surface area is 212 Å². The van der Waals surface area contributed by atoms with Gasteiger partial charge in [0.1, 0.15) is 0 Å². The molecule has 0 saturated carbocycles. The van der Waals surface area contributed by atoms with Crippen LogP contribution >= 0.6 is 0 Å². The number of hydrogen-bond donors (Lipinski definition) is 3. The average molecular weight is 497 g/mol. The van der Waals surface area contributed by atoms with Crippen LogP contribution in [0.25, 0.3) is 0 Å². The molecule has 0 amide bonds. The lowest BCUT2D eigenvalue weighted by Crippen LogP contribution is -2.62. The van der Waals surface area contributed by atoms with E-state index in [0.29, 0.717) is 0 Å². The summed E-state index contributed by atoms with van der Waals surface area (Å²) in [7, 11) is -1.92. The third kappa shape index (κ3) is 8.53. The van der Waals surface area contributed by atoms with Crippen molar-refractivity contribution in [3.8, 4) is 0 Å². The van der Waals surface area contributed by atoms with E-state index in [-0.39, 0.29) is 51.5 Å². The molecule has 0 bridgehead atoms. The van der Waals surface area contributed by atoms with Gasteiger partial charge in [-0.25, -0.2) is 0 Å². The third-order valence-corrected chi connectivity index (χ3v) is 8.82. The van der Waals surface area contributed by atoms with E-state index in [4.69, 9.17) is 13.3 Å². The second kappa shape index (κ2) is 9.37. The van der Waals surface area contributed by atoms with Crippen LogP contribution in [0, 0.1) is 0 Å². The van der Waals surface area contributed by atoms with Crippen molar-refractivity contribution in [1.29, 1.82) is 0 Å². The van der Waals surface area contributed by atoms with Gasteiger partial charge >= 0.3 is 9.53 Å². The normalized spacial score (nSPS) is 31.0. The van der Waals surface area contributed by atoms with Crippen LogP contribution in [0.15, 0.2) is 0 Å². The van der Waals surface area contributed by atoms with Crippen LogP contribution in [0.1, 0.15) is 122 Å². The van der Waals surface area contributed by atoms with Gasteiger partial charge < -0.3 is 29.2 Å². The molecule has 0 aromatic heterocycles. The van der Waals surface area contributed by atoms with Crippen LogP contribution in [0.3, 0.4) is 0 Å². The van der Waals surface area contributed by atoms with Gasteiger partial charge in [-0.2, -0.15) is 0 Å². The minimum atomic E-state index is -1.92. The largest absolute Gasteiger partial charge is 0.578 e. The molecule has 3 fully saturated rings. The molecule has 199 valence electrons. The van der Waals surface area contributed by atoms with Crippen LogP contribution in [0.4, 0.5) is 0 Å². The monoisotopic (exact) mass is 496 g/mol. The molecule has 0 aromatic rings. The third-order valence-electron chi connectivity index (χ3n) is 7.25. The van der Waals surface area contributed by atoms with E-state index in [0.717, 1.165) is 38.5 Å². The van der Waals surface area contributed by atoms with Crippen molar-refractivity contribution in [1.82, 2.24) is 16.0 Å². The van der Waals surface area contributed by atoms with Gasteiger partial charge in [-0.3, -0.25) is 0 Å². The van der Waals surface area contributed by atoms with E-state index >= 15 is 0 Å². The number of hydrogen-bond acceptors (Lipinski definition) is 6. The molecular formula is C27H54N3O3Si. The summed E-state index contributed by atoms with van der Waals surface area (Å²) in [6.45, 7) is 27.3. The number of piperidine rings is 3. The van der Waals surface area contributed by atoms with E-state index in [2.05, 4.69) is 99.0 Å². The van der Waals surface area contributed by atoms with Crippen LogP contribution in [-0.4, -0.2) is 61.1 Å². The molecule has 6 nitrogen and oxygen atoms in total. The van der Waals surface area contributed by atoms with E-state index < -0.39 is 9.53 Å². The van der Waals surface area contributed by atoms with E-state index in [1.807, 2.05) is 0 Å². The molecule has 3 aliphatic rings. The molecular weight excluding hydrogens is 442 g/mol. The lowest BCUT2D eigenvalue weighted by atomic mass is 9.81. The van der Waals surface area contributed by atoms with Gasteiger partial charge in [-0.15, -0.1) is 0 Å². The van der Waals surface area contributed by atoms with Gasteiger partial charge in [0.2, 0.25) is 0 Å². The summed E-state index contributed by atoms with van der Waals surface area (Å²) >= 11 is 0. The minimum absolute atomic E-state index is 0.0247. The van der Waals surface area contributed by atoms with Crippen molar-refractivity contribution in [2.24, 2.45) is 0 Å². The minimum Gasteiger partial charge on any atom is -0.368 e. The van der Waals surface area contributed by atoms with Crippen molar-refractivity contribution < 1.29 is 13.3 Å². The van der Waals surface area contributed by atoms with Crippen molar-refractivity contribution in [3.63, 3.8) is 0 Å². The molecule has 0 spiro atoms. The van der Waals surface area contributed by atoms with Crippen molar-refractivity contribution in [2.45, 2.75) is 173 Å². The Morgan fingerprint density at radius 1 is 0.412 bits per heavy atom. The number of nitrogens with one attached hydrogen (secondary N) is 3. The Morgan fingerprint density at radius 3 is 0.765 bits per heavy atom. The van der Waals surface area contributed by atoms with Crippen LogP contribution in [0.2, 0.25) is 0 Å². The van der Waals surface area contributed by atoms with Gasteiger partial charge in [-0.1, -0.05) is 0 Å². The predicted molar refractivity (Wildman–Crippen MR) is 142 cm³/mol. The molecule has 0 atom stereocenters. The molecule has 0 unspecified atom stereocenters. The van der Waals surface area contributed by atoms with E-state index in [1.54, 1.807) is 0 Å². The van der Waals surface area contributed by atoms with Crippen molar-refractivity contribution in [2.75, 3.05) is 0 Å². The van der Waals surface area contributed by atoms with E-state index in [1.165, 1.54) is 0 Å². The van der Waals surface area contributed by atoms with Gasteiger partial charge in [0.05, 0.1) is 18.3 Å². The predicted octanol–water partition coefficient (Wildman–Crippen LogP) is 4.95. The highest BCUT2D eigenvalue weighted by Gasteiger charge is 2.46. The first kappa shape index (κ1) is 28.5. The maximum atomic E-state index is 6.82. The van der Waals surface area contributed by atoms with Gasteiger partial charge in [0, 0.05) is 33.2 Å². The first-order valence-electron chi connectivity index (χ1n) is 13.4. The summed E-state index contributed by atoms with van der Waals surface area (Å²) in [5, 5.41) is 11.3. The first-order valence-corrected chi connectivity index (χ1v) is 14.6. The van der Waals surface area contributed by atoms with Gasteiger partial charge in [0.25, 0.3) is 0 Å². The molecule has 3 N–H and O–H groups in total. The highest BCUT2D eigenvalue weighted by atomic mass is 28.3. The van der Waals surface area contributed by atoms with Crippen LogP contribution in [0.5, 0.6) is 0 Å². The summed E-state index contributed by atoms with van der Waals surface area (Å²) < 4.78 is 20.5. The highest BCUT2D eigenvalue weighted by molar-refractivity contribution is 6.36. The average Bonchev–Trinajstić information content (AvgIpc) is 2.44. The molecule has 3 saturated heterocycles. The maximum Gasteiger partial charge on any atom is 0.578 e. The summed E-state index contributed by atoms with van der Waals surface area (Å²) in [5.74, 6) is 0. The van der Waals surface area contributed by atoms with Crippen molar-refractivity contribution in [3.05, 3.63) is 0 Å². The summed E-state index contributed by atoms with van der Waals surface area (Å²) in [4.78, 5) is 0. The molecule has 3 aliphatic heterocycles. The first-order chi connectivity index (χ1) is 15.1. The fraction of sp³-hybridized carbons (Fsp3) is 1.00. The molecule has 3 heterocycles. The summed E-state index contributed by atoms with van der Waals surface area (Å²) in [6.07, 6.45) is 6.16. The quantitative estimate of drug-likeness (QED) is 0.452. The molecule has 0 aromatic carbocycles. The second-order valence-electron chi connectivity index (χ2n) is 15.4. The van der Waals surface area contributed by atoms with Crippen LogP contribution < -0.4 is 16.0 Å². The fourth-order valence-corrected chi connectivity index (χ4v) is 8.91. The SMILES string of the molecule is CC1(C)CC(O[Si](OC2CC(C)(C)NC(C)(C)C2)OC2CC(C)(C)NC(C)(C)C2)CC(C)(C)N1. The Kier molecular flexibility index (Phi) is 7.87. The smallest absolute Gasteiger partial charge is 0.368 e.